The zero-order valence-corrected chi connectivity index (χ0v) is 17.4. The highest BCUT2D eigenvalue weighted by Gasteiger charge is 2.04. The first kappa shape index (κ1) is 24.2. The van der Waals surface area contributed by atoms with Crippen LogP contribution in [0.25, 0.3) is 0 Å². The van der Waals surface area contributed by atoms with E-state index in [1.165, 1.54) is 89.9 Å². The summed E-state index contributed by atoms with van der Waals surface area (Å²) >= 11 is 0. The predicted octanol–water partition coefficient (Wildman–Crippen LogP) is 7.76. The van der Waals surface area contributed by atoms with E-state index >= 15 is 0 Å². The van der Waals surface area contributed by atoms with E-state index < -0.39 is 0 Å². The first-order chi connectivity index (χ1) is 12.2. The molecule has 0 aliphatic carbocycles. The molecule has 0 fully saturated rings. The number of carbonyl (C=O) groups excluding carboxylic acids is 1. The maximum absolute atomic E-state index is 11.9. The first-order valence-electron chi connectivity index (χ1n) is 11.1. The van der Waals surface area contributed by atoms with Crippen molar-refractivity contribution in [2.24, 2.45) is 0 Å². The third-order valence-corrected chi connectivity index (χ3v) is 4.81. The Morgan fingerprint density at radius 1 is 0.680 bits per heavy atom. The summed E-state index contributed by atoms with van der Waals surface area (Å²) < 4.78 is 5.36. The van der Waals surface area contributed by atoms with Gasteiger partial charge in [-0.3, -0.25) is 0 Å². The second kappa shape index (κ2) is 19.5. The van der Waals surface area contributed by atoms with E-state index in [2.05, 4.69) is 13.8 Å². The molecule has 0 spiro atoms. The normalized spacial score (nSPS) is 11.7. The molecule has 2 heteroatoms. The summed E-state index contributed by atoms with van der Waals surface area (Å²) in [6.07, 6.45) is 22.5. The standard InChI is InChI=1S/C23H44O2/c1-4-6-8-10-12-13-14-15-17-19-21-25-23(24)22(3)20-18-16-11-9-7-5-2/h20H,4-19,21H2,1-3H3. The summed E-state index contributed by atoms with van der Waals surface area (Å²) in [6.45, 7) is 6.96. The molecule has 0 N–H and O–H groups in total. The Bertz CT molecular complexity index is 320. The number of carbonyl (C=O) groups is 1. The number of esters is 1. The van der Waals surface area contributed by atoms with Crippen molar-refractivity contribution in [3.8, 4) is 0 Å². The first-order valence-corrected chi connectivity index (χ1v) is 11.1. The number of unbranched alkanes of at least 4 members (excludes halogenated alkanes) is 14. The van der Waals surface area contributed by atoms with Crippen LogP contribution in [0, 0.1) is 0 Å². The smallest absolute Gasteiger partial charge is 0.333 e. The van der Waals surface area contributed by atoms with Crippen LogP contribution >= 0.6 is 0 Å². The fraction of sp³-hybridized carbons (Fsp3) is 0.870. The molecule has 0 aromatic rings. The molecule has 0 aliphatic rings. The van der Waals surface area contributed by atoms with Crippen molar-refractivity contribution in [2.45, 2.75) is 124 Å². The van der Waals surface area contributed by atoms with Crippen molar-refractivity contribution < 1.29 is 9.53 Å². The van der Waals surface area contributed by atoms with Crippen LogP contribution in [0.4, 0.5) is 0 Å². The summed E-state index contributed by atoms with van der Waals surface area (Å²) in [5.74, 6) is -0.121. The third kappa shape index (κ3) is 17.8. The minimum absolute atomic E-state index is 0.121. The molecular formula is C23H44O2. The summed E-state index contributed by atoms with van der Waals surface area (Å²) in [4.78, 5) is 11.9. The fourth-order valence-electron chi connectivity index (χ4n) is 3.02. The fourth-order valence-corrected chi connectivity index (χ4v) is 3.02. The lowest BCUT2D eigenvalue weighted by Gasteiger charge is -2.05. The van der Waals surface area contributed by atoms with E-state index in [4.69, 9.17) is 4.74 Å². The molecule has 0 saturated carbocycles. The minimum Gasteiger partial charge on any atom is -0.462 e. The summed E-state index contributed by atoms with van der Waals surface area (Å²) in [7, 11) is 0. The van der Waals surface area contributed by atoms with Crippen LogP contribution in [0.3, 0.4) is 0 Å². The van der Waals surface area contributed by atoms with Crippen molar-refractivity contribution in [3.63, 3.8) is 0 Å². The van der Waals surface area contributed by atoms with E-state index in [0.29, 0.717) is 6.61 Å². The summed E-state index contributed by atoms with van der Waals surface area (Å²) in [5, 5.41) is 0. The van der Waals surface area contributed by atoms with Crippen LogP contribution in [-0.4, -0.2) is 12.6 Å². The van der Waals surface area contributed by atoms with Crippen molar-refractivity contribution >= 4 is 5.97 Å². The molecule has 0 atom stereocenters. The molecule has 0 aromatic carbocycles. The van der Waals surface area contributed by atoms with Crippen LogP contribution in [0.2, 0.25) is 0 Å². The Hall–Kier alpha value is -0.790. The molecule has 0 unspecified atom stereocenters. The number of allylic oxidation sites excluding steroid dienone is 1. The Morgan fingerprint density at radius 2 is 1.12 bits per heavy atom. The predicted molar refractivity (Wildman–Crippen MR) is 110 cm³/mol. The second-order valence-electron chi connectivity index (χ2n) is 7.41. The lowest BCUT2D eigenvalue weighted by atomic mass is 10.1. The van der Waals surface area contributed by atoms with Gasteiger partial charge in [0.05, 0.1) is 6.61 Å². The van der Waals surface area contributed by atoms with Gasteiger partial charge >= 0.3 is 5.97 Å². The SMILES string of the molecule is CCCCCCCC=C(C)C(=O)OCCCCCCCCCCCC. The Balaban J connectivity index is 3.41. The highest BCUT2D eigenvalue weighted by atomic mass is 16.5. The minimum atomic E-state index is -0.121. The van der Waals surface area contributed by atoms with Crippen LogP contribution in [0.1, 0.15) is 124 Å². The molecule has 25 heavy (non-hydrogen) atoms. The van der Waals surface area contributed by atoms with Gasteiger partial charge in [0.25, 0.3) is 0 Å². The zero-order valence-electron chi connectivity index (χ0n) is 17.4. The number of hydrogen-bond acceptors (Lipinski definition) is 2. The molecule has 0 aliphatic heterocycles. The average molecular weight is 353 g/mol. The van der Waals surface area contributed by atoms with Crippen molar-refractivity contribution in [1.82, 2.24) is 0 Å². The van der Waals surface area contributed by atoms with Crippen LogP contribution < -0.4 is 0 Å². The molecule has 2 nitrogen and oxygen atoms in total. The van der Waals surface area contributed by atoms with Crippen LogP contribution in [0.5, 0.6) is 0 Å². The van der Waals surface area contributed by atoms with Gasteiger partial charge in [0, 0.05) is 5.57 Å². The van der Waals surface area contributed by atoms with E-state index in [1.54, 1.807) is 0 Å². The van der Waals surface area contributed by atoms with Gasteiger partial charge in [-0.25, -0.2) is 4.79 Å². The molecule has 0 bridgehead atoms. The quantitative estimate of drug-likeness (QED) is 0.143. The molecule has 0 saturated heterocycles. The van der Waals surface area contributed by atoms with Gasteiger partial charge in [-0.15, -0.1) is 0 Å². The van der Waals surface area contributed by atoms with Crippen LogP contribution in [-0.2, 0) is 9.53 Å². The number of hydrogen-bond donors (Lipinski definition) is 0. The van der Waals surface area contributed by atoms with Crippen molar-refractivity contribution in [1.29, 1.82) is 0 Å². The molecule has 0 heterocycles. The highest BCUT2D eigenvalue weighted by Crippen LogP contribution is 2.11. The van der Waals surface area contributed by atoms with Crippen LogP contribution in [0.15, 0.2) is 11.6 Å². The molecular weight excluding hydrogens is 308 g/mol. The Labute approximate surface area is 157 Å². The largest absolute Gasteiger partial charge is 0.462 e. The monoisotopic (exact) mass is 352 g/mol. The van der Waals surface area contributed by atoms with E-state index in [1.807, 2.05) is 13.0 Å². The van der Waals surface area contributed by atoms with Gasteiger partial charge < -0.3 is 4.74 Å². The van der Waals surface area contributed by atoms with Gasteiger partial charge in [-0.1, -0.05) is 103 Å². The third-order valence-electron chi connectivity index (χ3n) is 4.81. The molecule has 148 valence electrons. The maximum atomic E-state index is 11.9. The maximum Gasteiger partial charge on any atom is 0.333 e. The van der Waals surface area contributed by atoms with Gasteiger partial charge in [0.15, 0.2) is 0 Å². The van der Waals surface area contributed by atoms with E-state index in [0.717, 1.165) is 18.4 Å². The molecule has 0 aromatic heterocycles. The van der Waals surface area contributed by atoms with Gasteiger partial charge in [-0.05, 0) is 26.2 Å². The molecule has 0 amide bonds. The zero-order chi connectivity index (χ0) is 18.6. The topological polar surface area (TPSA) is 26.3 Å². The number of ether oxygens (including phenoxy) is 1. The van der Waals surface area contributed by atoms with Gasteiger partial charge in [-0.2, -0.15) is 0 Å². The van der Waals surface area contributed by atoms with E-state index in [9.17, 15) is 4.79 Å². The van der Waals surface area contributed by atoms with E-state index in [-0.39, 0.29) is 5.97 Å². The van der Waals surface area contributed by atoms with Crippen molar-refractivity contribution in [3.05, 3.63) is 11.6 Å². The van der Waals surface area contributed by atoms with Gasteiger partial charge in [0.1, 0.15) is 0 Å². The summed E-state index contributed by atoms with van der Waals surface area (Å²) in [6, 6.07) is 0. The lowest BCUT2D eigenvalue weighted by Crippen LogP contribution is -2.07. The summed E-state index contributed by atoms with van der Waals surface area (Å²) in [5.41, 5.74) is 0.780. The Kier molecular flexibility index (Phi) is 18.9. The average Bonchev–Trinajstić information content (AvgIpc) is 2.62. The second-order valence-corrected chi connectivity index (χ2v) is 7.41. The molecule has 0 radical (unpaired) electrons. The van der Waals surface area contributed by atoms with Gasteiger partial charge in [0.2, 0.25) is 0 Å². The Morgan fingerprint density at radius 3 is 1.64 bits per heavy atom. The molecule has 0 rings (SSSR count). The number of rotatable bonds is 18. The highest BCUT2D eigenvalue weighted by molar-refractivity contribution is 5.87. The van der Waals surface area contributed by atoms with Crippen molar-refractivity contribution in [2.75, 3.05) is 6.61 Å². The lowest BCUT2D eigenvalue weighted by molar-refractivity contribution is -0.139.